The topological polar surface area (TPSA) is 38.3 Å². The summed E-state index contributed by atoms with van der Waals surface area (Å²) in [5, 5.41) is 2.83. The number of ether oxygens (including phenoxy) is 1. The normalized spacial score (nSPS) is 11.7. The summed E-state index contributed by atoms with van der Waals surface area (Å²) in [4.78, 5) is 11.9. The number of hydrogen-bond donors (Lipinski definition) is 1. The first-order valence-electron chi connectivity index (χ1n) is 7.47. The molecule has 23 heavy (non-hydrogen) atoms. The van der Waals surface area contributed by atoms with Crippen LogP contribution >= 0.6 is 11.8 Å². The van der Waals surface area contributed by atoms with Crippen molar-refractivity contribution in [1.29, 1.82) is 0 Å². The van der Waals surface area contributed by atoms with Crippen LogP contribution in [0.25, 0.3) is 0 Å². The Labute approximate surface area is 140 Å². The van der Waals surface area contributed by atoms with Crippen LogP contribution in [0.5, 0.6) is 5.75 Å². The maximum Gasteiger partial charge on any atom is 0.260 e. The van der Waals surface area contributed by atoms with Crippen molar-refractivity contribution in [3.05, 3.63) is 66.0 Å². The van der Waals surface area contributed by atoms with Gasteiger partial charge in [-0.2, -0.15) is 11.8 Å². The van der Waals surface area contributed by atoms with Crippen LogP contribution in [-0.2, 0) is 10.5 Å². The smallest absolute Gasteiger partial charge is 0.260 e. The maximum absolute atomic E-state index is 13.4. The summed E-state index contributed by atoms with van der Waals surface area (Å²) >= 11 is 1.58. The average molecular weight is 333 g/mol. The van der Waals surface area contributed by atoms with Gasteiger partial charge in [-0.15, -0.1) is 0 Å². The summed E-state index contributed by atoms with van der Waals surface area (Å²) in [5.74, 6) is 1.65. The second-order valence-corrected chi connectivity index (χ2v) is 6.11. The van der Waals surface area contributed by atoms with Gasteiger partial charge in [0.25, 0.3) is 5.91 Å². The minimum Gasteiger partial charge on any atom is -0.481 e. The molecule has 0 aromatic heterocycles. The fourth-order valence-electron chi connectivity index (χ4n) is 1.94. The fourth-order valence-corrected chi connectivity index (χ4v) is 2.79. The molecule has 5 heteroatoms. The van der Waals surface area contributed by atoms with Gasteiger partial charge in [-0.05, 0) is 30.7 Å². The molecule has 2 rings (SSSR count). The number of thioether (sulfide) groups is 1. The van der Waals surface area contributed by atoms with Gasteiger partial charge in [0.05, 0.1) is 0 Å². The number of amides is 1. The molecular formula is C18H20FNO2S. The number of benzene rings is 2. The maximum atomic E-state index is 13.4. The Bertz CT molecular complexity index is 621. The highest BCUT2D eigenvalue weighted by molar-refractivity contribution is 7.98. The number of carbonyl (C=O) groups excluding carboxylic acids is 1. The summed E-state index contributed by atoms with van der Waals surface area (Å²) in [6.07, 6.45) is -0.547. The first-order valence-corrected chi connectivity index (χ1v) is 8.63. The molecule has 0 aliphatic carbocycles. The first-order chi connectivity index (χ1) is 11.2. The molecule has 0 saturated heterocycles. The van der Waals surface area contributed by atoms with Gasteiger partial charge in [0.2, 0.25) is 0 Å². The van der Waals surface area contributed by atoms with E-state index in [1.165, 1.54) is 6.07 Å². The van der Waals surface area contributed by atoms with E-state index in [0.29, 0.717) is 23.6 Å². The van der Waals surface area contributed by atoms with Crippen molar-refractivity contribution in [3.63, 3.8) is 0 Å². The number of para-hydroxylation sites is 1. The average Bonchev–Trinajstić information content (AvgIpc) is 2.57. The molecule has 0 unspecified atom stereocenters. The minimum absolute atomic E-state index is 0.152. The molecule has 2 aromatic rings. The number of rotatable bonds is 8. The van der Waals surface area contributed by atoms with Crippen molar-refractivity contribution in [2.45, 2.75) is 18.8 Å². The molecule has 3 nitrogen and oxygen atoms in total. The zero-order valence-electron chi connectivity index (χ0n) is 13.0. The lowest BCUT2D eigenvalue weighted by Gasteiger charge is -2.14. The van der Waals surface area contributed by atoms with Gasteiger partial charge in [-0.25, -0.2) is 4.39 Å². The molecular weight excluding hydrogens is 313 g/mol. The van der Waals surface area contributed by atoms with Crippen molar-refractivity contribution < 1.29 is 13.9 Å². The summed E-state index contributed by atoms with van der Waals surface area (Å²) in [5.41, 5.74) is 0.685. The van der Waals surface area contributed by atoms with Gasteiger partial charge >= 0.3 is 0 Å². The molecule has 2 aromatic carbocycles. The summed E-state index contributed by atoms with van der Waals surface area (Å²) in [6.45, 7) is 2.25. The van der Waals surface area contributed by atoms with E-state index in [1.54, 1.807) is 30.8 Å². The SMILES string of the molecule is C[C@H](Oc1ccccc1)C(=O)NCCSCc1ccccc1F. The highest BCUT2D eigenvalue weighted by atomic mass is 32.2. The number of halogens is 1. The van der Waals surface area contributed by atoms with E-state index >= 15 is 0 Å². The molecule has 0 aliphatic rings. The van der Waals surface area contributed by atoms with Crippen molar-refractivity contribution in [2.75, 3.05) is 12.3 Å². The molecule has 0 radical (unpaired) electrons. The van der Waals surface area contributed by atoms with E-state index in [-0.39, 0.29) is 11.7 Å². The molecule has 0 spiro atoms. The monoisotopic (exact) mass is 333 g/mol. The van der Waals surface area contributed by atoms with Crippen LogP contribution in [0.1, 0.15) is 12.5 Å². The Kier molecular flexibility index (Phi) is 6.94. The summed E-state index contributed by atoms with van der Waals surface area (Å²) < 4.78 is 19.0. The first kappa shape index (κ1) is 17.3. The van der Waals surface area contributed by atoms with E-state index in [0.717, 1.165) is 5.75 Å². The van der Waals surface area contributed by atoms with Crippen LogP contribution < -0.4 is 10.1 Å². The minimum atomic E-state index is -0.547. The number of nitrogens with one attached hydrogen (secondary N) is 1. The molecule has 0 bridgehead atoms. The highest BCUT2D eigenvalue weighted by Gasteiger charge is 2.13. The Morgan fingerprint density at radius 2 is 1.87 bits per heavy atom. The Hall–Kier alpha value is -2.01. The molecule has 1 atom stereocenters. The Morgan fingerprint density at radius 1 is 1.17 bits per heavy atom. The lowest BCUT2D eigenvalue weighted by molar-refractivity contribution is -0.127. The Morgan fingerprint density at radius 3 is 2.61 bits per heavy atom. The Balaban J connectivity index is 1.64. The summed E-state index contributed by atoms with van der Waals surface area (Å²) in [7, 11) is 0. The molecule has 1 amide bonds. The van der Waals surface area contributed by atoms with Crippen molar-refractivity contribution >= 4 is 17.7 Å². The molecule has 0 saturated carbocycles. The van der Waals surface area contributed by atoms with Crippen LogP contribution in [0.15, 0.2) is 54.6 Å². The lowest BCUT2D eigenvalue weighted by Crippen LogP contribution is -2.37. The fraction of sp³-hybridized carbons (Fsp3) is 0.278. The number of carbonyl (C=O) groups is 1. The van der Waals surface area contributed by atoms with Crippen LogP contribution in [0.3, 0.4) is 0 Å². The predicted octanol–water partition coefficient (Wildman–Crippen LogP) is 3.64. The van der Waals surface area contributed by atoms with Gasteiger partial charge in [0.15, 0.2) is 6.10 Å². The third-order valence-corrected chi connectivity index (χ3v) is 4.19. The molecule has 0 fully saturated rings. The van der Waals surface area contributed by atoms with Gasteiger partial charge in [-0.1, -0.05) is 36.4 Å². The third kappa shape index (κ3) is 5.94. The number of hydrogen-bond acceptors (Lipinski definition) is 3. The molecule has 122 valence electrons. The standard InChI is InChI=1S/C18H20FNO2S/c1-14(22-16-8-3-2-4-9-16)18(21)20-11-12-23-13-15-7-5-6-10-17(15)19/h2-10,14H,11-13H2,1H3,(H,20,21)/t14-/m0/s1. The highest BCUT2D eigenvalue weighted by Crippen LogP contribution is 2.15. The van der Waals surface area contributed by atoms with Crippen LogP contribution in [0.4, 0.5) is 4.39 Å². The van der Waals surface area contributed by atoms with Crippen LogP contribution in [0.2, 0.25) is 0 Å². The van der Waals surface area contributed by atoms with Gasteiger partial charge in [0, 0.05) is 18.1 Å². The third-order valence-electron chi connectivity index (χ3n) is 3.19. The van der Waals surface area contributed by atoms with E-state index < -0.39 is 6.10 Å². The lowest BCUT2D eigenvalue weighted by atomic mass is 10.2. The largest absolute Gasteiger partial charge is 0.481 e. The van der Waals surface area contributed by atoms with E-state index in [9.17, 15) is 9.18 Å². The van der Waals surface area contributed by atoms with Crippen molar-refractivity contribution in [3.8, 4) is 5.75 Å². The van der Waals surface area contributed by atoms with Crippen LogP contribution in [0, 0.1) is 5.82 Å². The van der Waals surface area contributed by atoms with E-state index in [1.807, 2.05) is 36.4 Å². The van der Waals surface area contributed by atoms with E-state index in [2.05, 4.69) is 5.32 Å². The zero-order valence-corrected chi connectivity index (χ0v) is 13.8. The predicted molar refractivity (Wildman–Crippen MR) is 92.1 cm³/mol. The van der Waals surface area contributed by atoms with Gasteiger partial charge in [-0.3, -0.25) is 4.79 Å². The second-order valence-electron chi connectivity index (χ2n) is 5.01. The van der Waals surface area contributed by atoms with Crippen LogP contribution in [-0.4, -0.2) is 24.3 Å². The molecule has 0 aliphatic heterocycles. The van der Waals surface area contributed by atoms with Gasteiger partial charge < -0.3 is 10.1 Å². The molecule has 0 heterocycles. The van der Waals surface area contributed by atoms with Crippen molar-refractivity contribution in [1.82, 2.24) is 5.32 Å². The zero-order chi connectivity index (χ0) is 16.5. The summed E-state index contributed by atoms with van der Waals surface area (Å²) in [6, 6.07) is 16.0. The quantitative estimate of drug-likeness (QED) is 0.750. The second kappa shape index (κ2) is 9.20. The van der Waals surface area contributed by atoms with E-state index in [4.69, 9.17) is 4.74 Å². The van der Waals surface area contributed by atoms with Gasteiger partial charge in [0.1, 0.15) is 11.6 Å². The van der Waals surface area contributed by atoms with Crippen molar-refractivity contribution in [2.24, 2.45) is 0 Å². The molecule has 1 N–H and O–H groups in total.